The Labute approximate surface area is 182 Å². The second-order valence-corrected chi connectivity index (χ2v) is 9.08. The molecular formula is C21H26BrFN2O3S. The van der Waals surface area contributed by atoms with Gasteiger partial charge in [-0.2, -0.15) is 0 Å². The van der Waals surface area contributed by atoms with Gasteiger partial charge >= 0.3 is 6.09 Å². The van der Waals surface area contributed by atoms with Crippen molar-refractivity contribution in [3.63, 3.8) is 0 Å². The molecule has 3 rings (SSSR count). The molecule has 1 saturated heterocycles. The number of hydrogen-bond donors (Lipinski definition) is 0. The highest BCUT2D eigenvalue weighted by Gasteiger charge is 2.35. The van der Waals surface area contributed by atoms with Gasteiger partial charge in [-0.1, -0.05) is 41.2 Å². The van der Waals surface area contributed by atoms with Crippen LogP contribution in [0.1, 0.15) is 32.3 Å². The molecule has 0 aromatic heterocycles. The molecular weight excluding hydrogens is 459 g/mol. The van der Waals surface area contributed by atoms with Gasteiger partial charge in [-0.05, 0) is 44.9 Å². The van der Waals surface area contributed by atoms with Crippen molar-refractivity contribution in [1.82, 2.24) is 4.31 Å². The fraction of sp³-hybridized carbons (Fsp3) is 0.381. The van der Waals surface area contributed by atoms with Crippen LogP contribution in [0.25, 0.3) is 0 Å². The highest BCUT2D eigenvalue weighted by molar-refractivity contribution is 9.10. The van der Waals surface area contributed by atoms with E-state index >= 15 is 0 Å². The summed E-state index contributed by atoms with van der Waals surface area (Å²) in [6, 6.07) is 5.94. The number of nitrogens with zero attached hydrogens (tertiary/aromatic N) is 2. The molecule has 1 amide bonds. The van der Waals surface area contributed by atoms with Gasteiger partial charge < -0.3 is 4.74 Å². The van der Waals surface area contributed by atoms with Crippen molar-refractivity contribution < 1.29 is 18.1 Å². The molecule has 0 radical (unpaired) electrons. The molecule has 29 heavy (non-hydrogen) atoms. The zero-order valence-electron chi connectivity index (χ0n) is 16.7. The second-order valence-electron chi connectivity index (χ2n) is 6.68. The maximum Gasteiger partial charge on any atom is 0.414 e. The monoisotopic (exact) mass is 484 g/mol. The SMILES string of the molecule is C=C(C)F.C=C/C(=C\C)S(=O)N1CCC(N2C(=O)OCc3cc(Br)ccc32)CC1. The van der Waals surface area contributed by atoms with Crippen LogP contribution in [0.4, 0.5) is 14.9 Å². The molecule has 5 nitrogen and oxygen atoms in total. The lowest BCUT2D eigenvalue weighted by molar-refractivity contribution is 0.136. The minimum absolute atomic E-state index is 0.0544. The van der Waals surface area contributed by atoms with Gasteiger partial charge in [0.05, 0.1) is 11.5 Å². The number of carbonyl (C=O) groups is 1. The molecule has 1 fully saturated rings. The number of rotatable bonds is 4. The Hall–Kier alpha value is -1.77. The molecule has 1 unspecified atom stereocenters. The third-order valence-electron chi connectivity index (χ3n) is 4.56. The summed E-state index contributed by atoms with van der Waals surface area (Å²) in [5.41, 5.74) is 1.92. The van der Waals surface area contributed by atoms with E-state index in [2.05, 4.69) is 29.1 Å². The first-order valence-corrected chi connectivity index (χ1v) is 11.2. The van der Waals surface area contributed by atoms with E-state index in [0.29, 0.717) is 19.7 Å². The third kappa shape index (κ3) is 6.10. The first-order chi connectivity index (χ1) is 13.8. The maximum absolute atomic E-state index is 12.5. The number of piperidine rings is 1. The van der Waals surface area contributed by atoms with E-state index < -0.39 is 11.0 Å². The number of carbonyl (C=O) groups excluding carboxylic acids is 1. The average Bonchev–Trinajstić information content (AvgIpc) is 2.69. The van der Waals surface area contributed by atoms with Crippen molar-refractivity contribution in [3.05, 3.63) is 64.3 Å². The van der Waals surface area contributed by atoms with Crippen LogP contribution in [-0.4, -0.2) is 33.7 Å². The van der Waals surface area contributed by atoms with Crippen LogP contribution in [0.3, 0.4) is 0 Å². The zero-order valence-corrected chi connectivity index (χ0v) is 19.1. The van der Waals surface area contributed by atoms with Gasteiger partial charge in [0.1, 0.15) is 17.6 Å². The van der Waals surface area contributed by atoms with E-state index in [1.54, 1.807) is 11.0 Å². The van der Waals surface area contributed by atoms with Crippen molar-refractivity contribution in [2.24, 2.45) is 0 Å². The first kappa shape index (κ1) is 23.5. The summed E-state index contributed by atoms with van der Waals surface area (Å²) < 4.78 is 31.6. The average molecular weight is 485 g/mol. The Morgan fingerprint density at radius 1 is 1.38 bits per heavy atom. The molecule has 2 aliphatic rings. The smallest absolute Gasteiger partial charge is 0.414 e. The number of benzene rings is 1. The molecule has 2 heterocycles. The lowest BCUT2D eigenvalue weighted by atomic mass is 10.0. The molecule has 0 bridgehead atoms. The number of ether oxygens (including phenoxy) is 1. The van der Waals surface area contributed by atoms with Gasteiger partial charge in [-0.3, -0.25) is 4.90 Å². The van der Waals surface area contributed by atoms with E-state index in [4.69, 9.17) is 4.74 Å². The molecule has 1 aromatic rings. The molecule has 158 valence electrons. The van der Waals surface area contributed by atoms with Gasteiger partial charge in [0, 0.05) is 34.1 Å². The highest BCUT2D eigenvalue weighted by Crippen LogP contribution is 2.34. The van der Waals surface area contributed by atoms with Crippen LogP contribution >= 0.6 is 15.9 Å². The summed E-state index contributed by atoms with van der Waals surface area (Å²) in [4.78, 5) is 14.8. The fourth-order valence-electron chi connectivity index (χ4n) is 3.26. The minimum Gasteiger partial charge on any atom is -0.444 e. The summed E-state index contributed by atoms with van der Waals surface area (Å²) in [5.74, 6) is -0.333. The van der Waals surface area contributed by atoms with Gasteiger partial charge in [0.15, 0.2) is 0 Å². The summed E-state index contributed by atoms with van der Waals surface area (Å²) in [6.45, 7) is 11.4. The standard InChI is InChI=1S/C18H21BrN2O3S.C3H5F/c1-3-16(4-2)25(23)20-9-7-15(8-10-20)21-17-6-5-14(19)11-13(17)12-24-18(21)22;1-3(2)4/h3-6,11,15H,1,7-10,12H2,2H3;1H2,2H3/b16-4+;. The van der Waals surface area contributed by atoms with Crippen LogP contribution in [0.15, 0.2) is 58.7 Å². The Morgan fingerprint density at radius 3 is 2.55 bits per heavy atom. The predicted octanol–water partition coefficient (Wildman–Crippen LogP) is 5.61. The van der Waals surface area contributed by atoms with E-state index in [9.17, 15) is 13.4 Å². The predicted molar refractivity (Wildman–Crippen MR) is 119 cm³/mol. The molecule has 0 aliphatic carbocycles. The van der Waals surface area contributed by atoms with Crippen LogP contribution in [0.2, 0.25) is 0 Å². The molecule has 2 aliphatic heterocycles. The lowest BCUT2D eigenvalue weighted by Crippen LogP contribution is -2.49. The Kier molecular flexibility index (Phi) is 8.79. The number of amides is 1. The minimum atomic E-state index is -1.19. The number of allylic oxidation sites excluding steroid dienone is 3. The first-order valence-electron chi connectivity index (χ1n) is 9.29. The Morgan fingerprint density at radius 2 is 2.00 bits per heavy atom. The van der Waals surface area contributed by atoms with Crippen molar-refractivity contribution in [2.45, 2.75) is 39.3 Å². The summed E-state index contributed by atoms with van der Waals surface area (Å²) in [6.07, 6.45) is 4.67. The Bertz CT molecular complexity index is 831. The van der Waals surface area contributed by atoms with Crippen LogP contribution in [0, 0.1) is 0 Å². The lowest BCUT2D eigenvalue weighted by Gasteiger charge is -2.39. The maximum atomic E-state index is 12.5. The number of cyclic esters (lactones) is 1. The van der Waals surface area contributed by atoms with Crippen molar-refractivity contribution in [1.29, 1.82) is 0 Å². The van der Waals surface area contributed by atoms with Gasteiger partial charge in [-0.25, -0.2) is 17.7 Å². The summed E-state index contributed by atoms with van der Waals surface area (Å²) in [5, 5.41) is 0. The number of fused-ring (bicyclic) bond motifs is 1. The highest BCUT2D eigenvalue weighted by atomic mass is 79.9. The summed E-state index contributed by atoms with van der Waals surface area (Å²) >= 11 is 3.46. The normalized spacial score (nSPS) is 18.8. The molecule has 8 heteroatoms. The van der Waals surface area contributed by atoms with Gasteiger partial charge in [0.2, 0.25) is 0 Å². The molecule has 1 atom stereocenters. The Balaban J connectivity index is 0.000000687. The van der Waals surface area contributed by atoms with Crippen LogP contribution < -0.4 is 4.90 Å². The topological polar surface area (TPSA) is 49.9 Å². The molecule has 1 aromatic carbocycles. The molecule has 0 spiro atoms. The van der Waals surface area contributed by atoms with Gasteiger partial charge in [0.25, 0.3) is 0 Å². The molecule has 0 N–H and O–H groups in total. The van der Waals surface area contributed by atoms with E-state index in [1.165, 1.54) is 6.92 Å². The third-order valence-corrected chi connectivity index (χ3v) is 6.69. The van der Waals surface area contributed by atoms with Gasteiger partial charge in [-0.15, -0.1) is 0 Å². The van der Waals surface area contributed by atoms with E-state index in [-0.39, 0.29) is 18.0 Å². The molecule has 0 saturated carbocycles. The van der Waals surface area contributed by atoms with Crippen molar-refractivity contribution >= 4 is 38.7 Å². The van der Waals surface area contributed by atoms with Crippen molar-refractivity contribution in [2.75, 3.05) is 18.0 Å². The number of halogens is 2. The van der Waals surface area contributed by atoms with E-state index in [1.807, 2.05) is 35.5 Å². The number of anilines is 1. The van der Waals surface area contributed by atoms with Crippen LogP contribution in [-0.2, 0) is 22.3 Å². The fourth-order valence-corrected chi connectivity index (χ4v) is 4.86. The van der Waals surface area contributed by atoms with Crippen LogP contribution in [0.5, 0.6) is 0 Å². The quantitative estimate of drug-likeness (QED) is 0.521. The largest absolute Gasteiger partial charge is 0.444 e. The number of hydrogen-bond acceptors (Lipinski definition) is 3. The van der Waals surface area contributed by atoms with Crippen molar-refractivity contribution in [3.8, 4) is 0 Å². The summed E-state index contributed by atoms with van der Waals surface area (Å²) in [7, 11) is -1.19. The zero-order chi connectivity index (χ0) is 21.6. The van der Waals surface area contributed by atoms with E-state index in [0.717, 1.165) is 33.5 Å². The second kappa shape index (κ2) is 10.8.